The van der Waals surface area contributed by atoms with Crippen LogP contribution in [0.4, 0.5) is 0 Å². The Kier molecular flexibility index (Phi) is 3.04. The number of aromatic nitrogens is 2. The molecule has 0 saturated carbocycles. The zero-order chi connectivity index (χ0) is 12.4. The zero-order valence-corrected chi connectivity index (χ0v) is 10.2. The van der Waals surface area contributed by atoms with Crippen LogP contribution in [-0.2, 0) is 0 Å². The number of phenols is 1. The maximum atomic E-state index is 9.91. The zero-order valence-electron chi connectivity index (χ0n) is 10.2. The lowest BCUT2D eigenvalue weighted by atomic mass is 10.1. The topological polar surface area (TPSA) is 47.3 Å². The van der Waals surface area contributed by atoms with Crippen molar-refractivity contribution >= 4 is 0 Å². The molecule has 0 spiro atoms. The molecule has 0 radical (unpaired) electrons. The number of methoxy groups -OCH3 is 1. The van der Waals surface area contributed by atoms with Gasteiger partial charge in [0, 0.05) is 29.4 Å². The Hall–Kier alpha value is -1.97. The van der Waals surface area contributed by atoms with Crippen molar-refractivity contribution in [2.24, 2.45) is 0 Å². The van der Waals surface area contributed by atoms with E-state index in [2.05, 4.69) is 18.9 Å². The monoisotopic (exact) mass is 232 g/mol. The summed E-state index contributed by atoms with van der Waals surface area (Å²) < 4.78 is 6.91. The van der Waals surface area contributed by atoms with Crippen molar-refractivity contribution in [1.82, 2.24) is 9.78 Å². The van der Waals surface area contributed by atoms with E-state index in [1.807, 2.05) is 23.0 Å². The van der Waals surface area contributed by atoms with Gasteiger partial charge in [-0.1, -0.05) is 0 Å². The minimum atomic E-state index is 0.202. The largest absolute Gasteiger partial charge is 0.507 e. The molecule has 0 aliphatic rings. The van der Waals surface area contributed by atoms with Crippen LogP contribution < -0.4 is 4.74 Å². The van der Waals surface area contributed by atoms with Crippen molar-refractivity contribution in [3.63, 3.8) is 0 Å². The molecule has 4 heteroatoms. The van der Waals surface area contributed by atoms with Crippen molar-refractivity contribution in [2.75, 3.05) is 7.11 Å². The molecule has 1 aromatic carbocycles. The molecule has 0 atom stereocenters. The molecule has 0 saturated heterocycles. The first kappa shape index (κ1) is 11.5. The van der Waals surface area contributed by atoms with Crippen LogP contribution in [0.25, 0.3) is 11.1 Å². The molecule has 4 nitrogen and oxygen atoms in total. The highest BCUT2D eigenvalue weighted by molar-refractivity contribution is 5.69. The lowest BCUT2D eigenvalue weighted by Gasteiger charge is -2.05. The molecule has 17 heavy (non-hydrogen) atoms. The molecule has 2 rings (SSSR count). The van der Waals surface area contributed by atoms with E-state index in [1.165, 1.54) is 0 Å². The minimum absolute atomic E-state index is 0.202. The molecule has 0 bridgehead atoms. The number of ether oxygens (including phenoxy) is 1. The predicted molar refractivity (Wildman–Crippen MR) is 66.3 cm³/mol. The van der Waals surface area contributed by atoms with E-state index < -0.39 is 0 Å². The number of phenolic OH excluding ortho intramolecular Hbond substituents is 1. The summed E-state index contributed by atoms with van der Waals surface area (Å²) in [5, 5.41) is 14.2. The highest BCUT2D eigenvalue weighted by atomic mass is 16.5. The third kappa shape index (κ3) is 2.25. The fourth-order valence-corrected chi connectivity index (χ4v) is 1.64. The Morgan fingerprint density at radius 3 is 2.65 bits per heavy atom. The average molecular weight is 232 g/mol. The van der Waals surface area contributed by atoms with Gasteiger partial charge in [-0.05, 0) is 26.0 Å². The maximum Gasteiger partial charge on any atom is 0.127 e. The van der Waals surface area contributed by atoms with E-state index in [9.17, 15) is 5.11 Å². The molecular weight excluding hydrogens is 216 g/mol. The summed E-state index contributed by atoms with van der Waals surface area (Å²) >= 11 is 0. The van der Waals surface area contributed by atoms with Crippen LogP contribution in [-0.4, -0.2) is 22.0 Å². The van der Waals surface area contributed by atoms with Gasteiger partial charge in [0.15, 0.2) is 0 Å². The Labute approximate surface area is 100 Å². The van der Waals surface area contributed by atoms with E-state index in [1.54, 1.807) is 19.4 Å². The van der Waals surface area contributed by atoms with Crippen LogP contribution in [0.15, 0.2) is 30.6 Å². The van der Waals surface area contributed by atoms with Crippen molar-refractivity contribution in [3.05, 3.63) is 30.6 Å². The fraction of sp³-hybridized carbons (Fsp3) is 0.308. The van der Waals surface area contributed by atoms with Gasteiger partial charge in [0.2, 0.25) is 0 Å². The second-order valence-corrected chi connectivity index (χ2v) is 4.19. The Balaban J connectivity index is 2.38. The van der Waals surface area contributed by atoms with Gasteiger partial charge in [-0.25, -0.2) is 0 Å². The second kappa shape index (κ2) is 4.49. The van der Waals surface area contributed by atoms with Gasteiger partial charge in [0.05, 0.1) is 13.3 Å². The number of nitrogens with zero attached hydrogens (tertiary/aromatic N) is 2. The lowest BCUT2D eigenvalue weighted by molar-refractivity contribution is 0.408. The fourth-order valence-electron chi connectivity index (χ4n) is 1.64. The molecule has 1 aromatic heterocycles. The summed E-state index contributed by atoms with van der Waals surface area (Å²) in [4.78, 5) is 0. The predicted octanol–water partition coefficient (Wildman–Crippen LogP) is 2.85. The smallest absolute Gasteiger partial charge is 0.127 e. The first-order valence-electron chi connectivity index (χ1n) is 5.53. The molecule has 0 aliphatic carbocycles. The lowest BCUT2D eigenvalue weighted by Crippen LogP contribution is -1.99. The standard InChI is InChI=1S/C13H16N2O2/c1-9(2)15-8-10(7-14-15)12-5-4-11(17-3)6-13(12)16/h4-9,16H,1-3H3. The summed E-state index contributed by atoms with van der Waals surface area (Å²) in [5.41, 5.74) is 1.66. The molecule has 1 heterocycles. The van der Waals surface area contributed by atoms with Crippen LogP contribution in [0.5, 0.6) is 11.5 Å². The number of benzene rings is 1. The van der Waals surface area contributed by atoms with Gasteiger partial charge >= 0.3 is 0 Å². The van der Waals surface area contributed by atoms with Gasteiger partial charge < -0.3 is 9.84 Å². The molecule has 1 N–H and O–H groups in total. The second-order valence-electron chi connectivity index (χ2n) is 4.19. The number of hydrogen-bond acceptors (Lipinski definition) is 3. The number of aromatic hydroxyl groups is 1. The van der Waals surface area contributed by atoms with E-state index in [0.29, 0.717) is 11.8 Å². The van der Waals surface area contributed by atoms with Gasteiger partial charge in [-0.15, -0.1) is 0 Å². The molecule has 0 fully saturated rings. The first-order valence-corrected chi connectivity index (χ1v) is 5.53. The van der Waals surface area contributed by atoms with E-state index in [4.69, 9.17) is 4.74 Å². The summed E-state index contributed by atoms with van der Waals surface area (Å²) in [5.74, 6) is 0.843. The normalized spacial score (nSPS) is 10.8. The molecular formula is C13H16N2O2. The Morgan fingerprint density at radius 2 is 2.12 bits per heavy atom. The quantitative estimate of drug-likeness (QED) is 0.885. The third-order valence-corrected chi connectivity index (χ3v) is 2.65. The SMILES string of the molecule is COc1ccc(-c2cnn(C(C)C)c2)c(O)c1. The van der Waals surface area contributed by atoms with Gasteiger partial charge in [-0.3, -0.25) is 4.68 Å². The van der Waals surface area contributed by atoms with Crippen molar-refractivity contribution in [2.45, 2.75) is 19.9 Å². The third-order valence-electron chi connectivity index (χ3n) is 2.65. The van der Waals surface area contributed by atoms with E-state index in [0.717, 1.165) is 11.1 Å². The highest BCUT2D eigenvalue weighted by Crippen LogP contribution is 2.32. The minimum Gasteiger partial charge on any atom is -0.507 e. The van der Waals surface area contributed by atoms with E-state index in [-0.39, 0.29) is 5.75 Å². The molecule has 0 amide bonds. The summed E-state index contributed by atoms with van der Waals surface area (Å²) in [6.07, 6.45) is 3.67. The van der Waals surface area contributed by atoms with Crippen LogP contribution in [0.1, 0.15) is 19.9 Å². The molecule has 90 valence electrons. The summed E-state index contributed by atoms with van der Waals surface area (Å²) in [6.45, 7) is 4.12. The number of hydrogen-bond donors (Lipinski definition) is 1. The summed E-state index contributed by atoms with van der Waals surface area (Å²) in [6, 6.07) is 5.56. The van der Waals surface area contributed by atoms with E-state index >= 15 is 0 Å². The maximum absolute atomic E-state index is 9.91. The highest BCUT2D eigenvalue weighted by Gasteiger charge is 2.09. The van der Waals surface area contributed by atoms with Crippen molar-refractivity contribution < 1.29 is 9.84 Å². The van der Waals surface area contributed by atoms with Crippen LogP contribution in [0, 0.1) is 0 Å². The average Bonchev–Trinajstić information content (AvgIpc) is 2.78. The van der Waals surface area contributed by atoms with Crippen molar-refractivity contribution in [1.29, 1.82) is 0 Å². The van der Waals surface area contributed by atoms with Gasteiger partial charge in [0.25, 0.3) is 0 Å². The van der Waals surface area contributed by atoms with Gasteiger partial charge in [-0.2, -0.15) is 5.10 Å². The first-order chi connectivity index (χ1) is 8.11. The Bertz CT molecular complexity index is 518. The van der Waals surface area contributed by atoms with Crippen LogP contribution in [0.3, 0.4) is 0 Å². The van der Waals surface area contributed by atoms with Gasteiger partial charge in [0.1, 0.15) is 11.5 Å². The number of rotatable bonds is 3. The summed E-state index contributed by atoms with van der Waals surface area (Å²) in [7, 11) is 1.57. The Morgan fingerprint density at radius 1 is 1.35 bits per heavy atom. The van der Waals surface area contributed by atoms with Crippen molar-refractivity contribution in [3.8, 4) is 22.6 Å². The van der Waals surface area contributed by atoms with Crippen LogP contribution >= 0.6 is 0 Å². The molecule has 2 aromatic rings. The molecule has 0 aliphatic heterocycles. The molecule has 0 unspecified atom stereocenters. The van der Waals surface area contributed by atoms with Crippen LogP contribution in [0.2, 0.25) is 0 Å².